The van der Waals surface area contributed by atoms with Gasteiger partial charge in [0.1, 0.15) is 0 Å². The molecule has 0 spiro atoms. The van der Waals surface area contributed by atoms with Gasteiger partial charge in [0.05, 0.1) is 0 Å². The van der Waals surface area contributed by atoms with Crippen LogP contribution >= 0.6 is 0 Å². The minimum Gasteiger partial charge on any atom is -0.510 e. The Kier molecular flexibility index (Phi) is 7.27. The van der Waals surface area contributed by atoms with Crippen LogP contribution in [0.5, 0.6) is 11.5 Å². The van der Waals surface area contributed by atoms with Crippen molar-refractivity contribution in [3.8, 4) is 17.3 Å². The first-order chi connectivity index (χ1) is 17.0. The second kappa shape index (κ2) is 9.98. The van der Waals surface area contributed by atoms with Crippen LogP contribution in [0.25, 0.3) is 16.7 Å². The van der Waals surface area contributed by atoms with Gasteiger partial charge in [0.25, 0.3) is 0 Å². The van der Waals surface area contributed by atoms with E-state index >= 15 is 0 Å². The van der Waals surface area contributed by atoms with Crippen LogP contribution in [0.4, 0.5) is 5.69 Å². The Labute approximate surface area is 234 Å². The van der Waals surface area contributed by atoms with Crippen molar-refractivity contribution in [1.82, 2.24) is 19.7 Å². The van der Waals surface area contributed by atoms with Crippen LogP contribution in [0.15, 0.2) is 61.2 Å². The Balaban J connectivity index is 0.00000320. The van der Waals surface area contributed by atoms with Crippen LogP contribution in [0.1, 0.15) is 52.7 Å². The molecule has 6 nitrogen and oxygen atoms in total. The zero-order chi connectivity index (χ0) is 25.7. The summed E-state index contributed by atoms with van der Waals surface area (Å²) in [6, 6.07) is 19.1. The molecule has 5 rings (SSSR count). The number of hydrogen-bond acceptors (Lipinski definition) is 5. The van der Waals surface area contributed by atoms with Gasteiger partial charge < -0.3 is 14.5 Å². The molecule has 1 aliphatic rings. The van der Waals surface area contributed by atoms with Crippen molar-refractivity contribution >= 4 is 16.6 Å². The molecule has 0 atom stereocenters. The molecule has 0 amide bonds. The normalized spacial score (nSPS) is 13.8. The van der Waals surface area contributed by atoms with Crippen LogP contribution < -0.4 is 9.64 Å². The smallest absolute Gasteiger partial charge is 0.151 e. The van der Waals surface area contributed by atoms with Gasteiger partial charge in [-0.1, -0.05) is 46.9 Å². The minimum atomic E-state index is -0.0483. The molecule has 196 valence electrons. The number of anilines is 1. The predicted molar refractivity (Wildman–Crippen MR) is 144 cm³/mol. The zero-order valence-electron chi connectivity index (χ0n) is 22.3. The number of fused-ring (bicyclic) bond motifs is 1. The number of rotatable bonds is 4. The van der Waals surface area contributed by atoms with Gasteiger partial charge in [-0.05, 0) is 53.5 Å². The second-order valence-electron chi connectivity index (χ2n) is 11.3. The largest absolute Gasteiger partial charge is 0.510 e. The number of nitrogens with zero attached hydrogens (tertiary/aromatic N) is 5. The molecule has 4 aromatic rings. The molecule has 37 heavy (non-hydrogen) atoms. The van der Waals surface area contributed by atoms with Crippen LogP contribution in [-0.4, -0.2) is 26.7 Å². The Morgan fingerprint density at radius 1 is 0.865 bits per heavy atom. The molecule has 2 aromatic heterocycles. The summed E-state index contributed by atoms with van der Waals surface area (Å²) in [4.78, 5) is 8.62. The maximum atomic E-state index is 6.34. The van der Waals surface area contributed by atoms with E-state index in [9.17, 15) is 0 Å². The van der Waals surface area contributed by atoms with Gasteiger partial charge in [0.15, 0.2) is 5.82 Å². The van der Waals surface area contributed by atoms with E-state index in [2.05, 4.69) is 82.0 Å². The second-order valence-corrected chi connectivity index (χ2v) is 11.3. The standard InChI is InChI=1S/C30H32N5O.Pt/c1-29(2,3)22-10-11-31-28(16-22)35-27-18-25(9-8-21(27)19-32-35)36-26-15-23(30(4,5)6)14-24(17-26)34-13-12-33(7)20-34;/h8-16,19-20H,1-7H3;/q-3;. The number of pyridine rings is 1. The molecule has 2 aromatic carbocycles. The van der Waals surface area contributed by atoms with Gasteiger partial charge in [-0.2, -0.15) is 17.8 Å². The number of aromatic nitrogens is 3. The van der Waals surface area contributed by atoms with Gasteiger partial charge in [0, 0.05) is 45.0 Å². The van der Waals surface area contributed by atoms with Crippen molar-refractivity contribution in [2.75, 3.05) is 11.9 Å². The molecular formula is C30H32N5OPt-3. The van der Waals surface area contributed by atoms with E-state index in [1.165, 1.54) is 5.56 Å². The maximum Gasteiger partial charge on any atom is 0.151 e. The zero-order valence-corrected chi connectivity index (χ0v) is 24.6. The topological polar surface area (TPSA) is 46.4 Å². The molecule has 0 bridgehead atoms. The van der Waals surface area contributed by atoms with Crippen molar-refractivity contribution < 1.29 is 25.8 Å². The number of hydrogen-bond donors (Lipinski definition) is 0. The summed E-state index contributed by atoms with van der Waals surface area (Å²) in [6.07, 6.45) is 7.68. The molecule has 0 saturated carbocycles. The first-order valence-corrected chi connectivity index (χ1v) is 12.1. The minimum absolute atomic E-state index is 0. The molecule has 0 unspecified atom stereocenters. The summed E-state index contributed by atoms with van der Waals surface area (Å²) in [5.41, 5.74) is 4.07. The number of ether oxygens (including phenoxy) is 1. The average Bonchev–Trinajstić information content (AvgIpc) is 3.44. The molecule has 1 aliphatic heterocycles. The van der Waals surface area contributed by atoms with E-state index in [1.807, 2.05) is 71.2 Å². The van der Waals surface area contributed by atoms with Gasteiger partial charge in [-0.25, -0.2) is 9.67 Å². The van der Waals surface area contributed by atoms with Gasteiger partial charge >= 0.3 is 0 Å². The molecular weight excluding hydrogens is 641 g/mol. The van der Waals surface area contributed by atoms with Gasteiger partial charge in [0.2, 0.25) is 0 Å². The summed E-state index contributed by atoms with van der Waals surface area (Å²) >= 11 is 0. The average molecular weight is 674 g/mol. The first kappa shape index (κ1) is 26.9. The first-order valence-electron chi connectivity index (χ1n) is 12.1. The fraction of sp³-hybridized carbons (Fsp3) is 0.300. The Morgan fingerprint density at radius 3 is 2.30 bits per heavy atom. The third-order valence-electron chi connectivity index (χ3n) is 6.25. The third kappa shape index (κ3) is 5.75. The summed E-state index contributed by atoms with van der Waals surface area (Å²) in [5, 5.41) is 5.56. The van der Waals surface area contributed by atoms with E-state index in [-0.39, 0.29) is 31.9 Å². The van der Waals surface area contributed by atoms with Crippen molar-refractivity contribution in [3.05, 3.63) is 91.1 Å². The SMILES string of the molecule is CN1C=CN(c2[c-]c(Oc3[c-]c4c(cc3)cnn4-c3cc(C(C)(C)C)ccn3)cc(C(C)(C)C)c2)[CH-]1.[Pt]. The Morgan fingerprint density at radius 2 is 1.62 bits per heavy atom. The summed E-state index contributed by atoms with van der Waals surface area (Å²) < 4.78 is 8.15. The molecule has 7 heteroatoms. The summed E-state index contributed by atoms with van der Waals surface area (Å²) in [5.74, 6) is 2.00. The summed E-state index contributed by atoms with van der Waals surface area (Å²) in [7, 11) is 2.00. The van der Waals surface area contributed by atoms with Crippen LogP contribution in [0.2, 0.25) is 0 Å². The van der Waals surface area contributed by atoms with E-state index in [4.69, 9.17) is 4.74 Å². The monoisotopic (exact) mass is 673 g/mol. The fourth-order valence-electron chi connectivity index (χ4n) is 4.03. The van der Waals surface area contributed by atoms with E-state index < -0.39 is 0 Å². The van der Waals surface area contributed by atoms with Gasteiger partial charge in [-0.3, -0.25) is 0 Å². The van der Waals surface area contributed by atoms with Gasteiger partial charge in [-0.15, -0.1) is 41.6 Å². The van der Waals surface area contributed by atoms with Crippen molar-refractivity contribution in [2.24, 2.45) is 0 Å². The van der Waals surface area contributed by atoms with Crippen molar-refractivity contribution in [1.29, 1.82) is 0 Å². The Hall–Kier alpha value is -3.11. The van der Waals surface area contributed by atoms with Crippen molar-refractivity contribution in [3.63, 3.8) is 0 Å². The van der Waals surface area contributed by atoms with Crippen molar-refractivity contribution in [2.45, 2.75) is 52.4 Å². The fourth-order valence-corrected chi connectivity index (χ4v) is 4.03. The molecule has 0 N–H and O–H groups in total. The van der Waals surface area contributed by atoms with E-state index in [0.29, 0.717) is 11.5 Å². The van der Waals surface area contributed by atoms with Crippen LogP contribution in [0, 0.1) is 18.8 Å². The maximum absolute atomic E-state index is 6.34. The van der Waals surface area contributed by atoms with E-state index in [1.54, 1.807) is 0 Å². The molecule has 3 heterocycles. The molecule has 0 aliphatic carbocycles. The van der Waals surface area contributed by atoms with Crippen LogP contribution in [-0.2, 0) is 31.9 Å². The Bertz CT molecular complexity index is 1440. The quantitative estimate of drug-likeness (QED) is 0.225. The summed E-state index contributed by atoms with van der Waals surface area (Å²) in [6.45, 7) is 15.2. The van der Waals surface area contributed by atoms with Crippen LogP contribution in [0.3, 0.4) is 0 Å². The third-order valence-corrected chi connectivity index (χ3v) is 6.25. The molecule has 0 saturated heterocycles. The van der Waals surface area contributed by atoms with E-state index in [0.717, 1.165) is 28.0 Å². The predicted octanol–water partition coefficient (Wildman–Crippen LogP) is 6.75. The molecule has 0 radical (unpaired) electrons. The number of benzene rings is 2. The molecule has 0 fully saturated rings.